The first-order valence-corrected chi connectivity index (χ1v) is 13.8. The average Bonchev–Trinajstić information content (AvgIpc) is 3.05. The number of carbonyl (C=O) groups is 2. The standard InChI is InChI=1S/C33H32N4O6/c1-42-30-13-11-24(18-31(30)43-2)32(38)35-19-22-6-5-8-25(16-22)33(39)36(21-26-7-3-4-9-29(26)37(40)41)28-12-10-23-14-15-34-20-27(23)17-28/h3-13,16-18,34H,14-15,19-21H2,1-2H3,(H,35,38). The van der Waals surface area contributed by atoms with E-state index in [-0.39, 0.29) is 30.6 Å². The van der Waals surface area contributed by atoms with E-state index in [1.54, 1.807) is 59.5 Å². The van der Waals surface area contributed by atoms with E-state index in [0.717, 1.165) is 24.1 Å². The second-order valence-electron chi connectivity index (χ2n) is 10.1. The van der Waals surface area contributed by atoms with Crippen LogP contribution in [-0.2, 0) is 26.1 Å². The molecule has 4 aromatic rings. The van der Waals surface area contributed by atoms with Crippen LogP contribution in [0.2, 0.25) is 0 Å². The Kier molecular flexibility index (Phi) is 8.97. The minimum atomic E-state index is -0.434. The fourth-order valence-corrected chi connectivity index (χ4v) is 5.14. The van der Waals surface area contributed by atoms with Crippen LogP contribution in [0.5, 0.6) is 11.5 Å². The van der Waals surface area contributed by atoms with Gasteiger partial charge in [-0.05, 0) is 72.1 Å². The highest BCUT2D eigenvalue weighted by atomic mass is 16.6. The summed E-state index contributed by atoms with van der Waals surface area (Å²) in [4.78, 5) is 39.8. The molecule has 43 heavy (non-hydrogen) atoms. The number of rotatable bonds is 10. The smallest absolute Gasteiger partial charge is 0.274 e. The van der Waals surface area contributed by atoms with Gasteiger partial charge in [-0.25, -0.2) is 0 Å². The number of amides is 2. The predicted molar refractivity (Wildman–Crippen MR) is 163 cm³/mol. The number of hydrogen-bond donors (Lipinski definition) is 2. The van der Waals surface area contributed by atoms with Gasteiger partial charge in [0.2, 0.25) is 0 Å². The maximum atomic E-state index is 14.1. The number of nitro groups is 1. The van der Waals surface area contributed by atoms with Crippen molar-refractivity contribution in [2.75, 3.05) is 25.7 Å². The van der Waals surface area contributed by atoms with Crippen LogP contribution < -0.4 is 25.0 Å². The third-order valence-electron chi connectivity index (χ3n) is 7.42. The van der Waals surface area contributed by atoms with Gasteiger partial charge in [0.15, 0.2) is 11.5 Å². The number of nitro benzene ring substituents is 1. The third-order valence-corrected chi connectivity index (χ3v) is 7.42. The SMILES string of the molecule is COc1ccc(C(=O)NCc2cccc(C(=O)N(Cc3ccccc3[N+](=O)[O-])c3ccc4c(c3)CNCC4)c2)cc1OC. The molecular weight excluding hydrogens is 548 g/mol. The maximum Gasteiger partial charge on any atom is 0.274 e. The van der Waals surface area contributed by atoms with Gasteiger partial charge in [-0.15, -0.1) is 0 Å². The zero-order valence-corrected chi connectivity index (χ0v) is 24.0. The van der Waals surface area contributed by atoms with Gasteiger partial charge in [0.25, 0.3) is 17.5 Å². The highest BCUT2D eigenvalue weighted by molar-refractivity contribution is 6.06. The number of benzene rings is 4. The van der Waals surface area contributed by atoms with Crippen LogP contribution in [0, 0.1) is 10.1 Å². The summed E-state index contributed by atoms with van der Waals surface area (Å²) in [5.41, 5.74) is 4.86. The fraction of sp³-hybridized carbons (Fsp3) is 0.212. The van der Waals surface area contributed by atoms with Crippen molar-refractivity contribution in [1.29, 1.82) is 0 Å². The zero-order valence-electron chi connectivity index (χ0n) is 24.0. The van der Waals surface area contributed by atoms with E-state index in [1.807, 2.05) is 24.3 Å². The fourth-order valence-electron chi connectivity index (χ4n) is 5.14. The van der Waals surface area contributed by atoms with Crippen molar-refractivity contribution >= 4 is 23.2 Å². The summed E-state index contributed by atoms with van der Waals surface area (Å²) in [6, 6.07) is 24.2. The molecule has 1 heterocycles. The van der Waals surface area contributed by atoms with Gasteiger partial charge in [-0.3, -0.25) is 19.7 Å². The first-order valence-electron chi connectivity index (χ1n) is 13.8. The van der Waals surface area contributed by atoms with Gasteiger partial charge in [0.05, 0.1) is 25.7 Å². The van der Waals surface area contributed by atoms with Crippen molar-refractivity contribution in [2.24, 2.45) is 0 Å². The molecule has 0 radical (unpaired) electrons. The molecule has 0 atom stereocenters. The van der Waals surface area contributed by atoms with Crippen molar-refractivity contribution < 1.29 is 24.0 Å². The Morgan fingerprint density at radius 1 is 0.907 bits per heavy atom. The molecule has 4 aromatic carbocycles. The molecule has 2 amide bonds. The zero-order chi connectivity index (χ0) is 30.3. The van der Waals surface area contributed by atoms with Gasteiger partial charge in [0, 0.05) is 41.5 Å². The molecule has 10 nitrogen and oxygen atoms in total. The maximum absolute atomic E-state index is 14.1. The number of carbonyl (C=O) groups excluding carboxylic acids is 2. The third kappa shape index (κ3) is 6.65. The molecule has 0 fully saturated rings. The summed E-state index contributed by atoms with van der Waals surface area (Å²) in [6.07, 6.45) is 0.894. The van der Waals surface area contributed by atoms with Gasteiger partial charge in [0.1, 0.15) is 0 Å². The molecule has 2 N–H and O–H groups in total. The van der Waals surface area contributed by atoms with Crippen LogP contribution in [0.4, 0.5) is 11.4 Å². The molecule has 1 aliphatic rings. The van der Waals surface area contributed by atoms with Crippen molar-refractivity contribution in [1.82, 2.24) is 10.6 Å². The Balaban J connectivity index is 1.40. The van der Waals surface area contributed by atoms with Crippen LogP contribution in [0.15, 0.2) is 84.9 Å². The summed E-state index contributed by atoms with van der Waals surface area (Å²) in [5, 5.41) is 18.0. The highest BCUT2D eigenvalue weighted by Crippen LogP contribution is 2.29. The quantitative estimate of drug-likeness (QED) is 0.199. The number of fused-ring (bicyclic) bond motifs is 1. The summed E-state index contributed by atoms with van der Waals surface area (Å²) >= 11 is 0. The minimum absolute atomic E-state index is 0.0163. The lowest BCUT2D eigenvalue weighted by atomic mass is 9.99. The number of anilines is 1. The van der Waals surface area contributed by atoms with Crippen molar-refractivity contribution in [3.8, 4) is 11.5 Å². The van der Waals surface area contributed by atoms with Crippen LogP contribution in [0.1, 0.15) is 43.0 Å². The molecule has 0 aromatic heterocycles. The molecule has 0 unspecified atom stereocenters. The summed E-state index contributed by atoms with van der Waals surface area (Å²) in [5.74, 6) is 0.346. The second kappa shape index (κ2) is 13.2. The Morgan fingerprint density at radius 3 is 2.51 bits per heavy atom. The van der Waals surface area contributed by atoms with E-state index >= 15 is 0 Å². The summed E-state index contributed by atoms with van der Waals surface area (Å²) in [6.45, 7) is 1.78. The van der Waals surface area contributed by atoms with E-state index in [9.17, 15) is 19.7 Å². The lowest BCUT2D eigenvalue weighted by molar-refractivity contribution is -0.385. The van der Waals surface area contributed by atoms with Crippen LogP contribution >= 0.6 is 0 Å². The normalized spacial score (nSPS) is 12.1. The molecule has 10 heteroatoms. The molecule has 5 rings (SSSR count). The molecule has 0 aliphatic carbocycles. The van der Waals surface area contributed by atoms with E-state index in [4.69, 9.17) is 9.47 Å². The molecule has 1 aliphatic heterocycles. The Bertz CT molecular complexity index is 1670. The number of hydrogen-bond acceptors (Lipinski definition) is 7. The van der Waals surface area contributed by atoms with Crippen molar-refractivity contribution in [2.45, 2.75) is 26.1 Å². The predicted octanol–water partition coefficient (Wildman–Crippen LogP) is 5.03. The van der Waals surface area contributed by atoms with Gasteiger partial charge >= 0.3 is 0 Å². The van der Waals surface area contributed by atoms with Gasteiger partial charge < -0.3 is 25.0 Å². The van der Waals surface area contributed by atoms with Crippen LogP contribution in [0.25, 0.3) is 0 Å². The Morgan fingerprint density at radius 2 is 1.72 bits per heavy atom. The Labute approximate surface area is 249 Å². The van der Waals surface area contributed by atoms with E-state index in [2.05, 4.69) is 10.6 Å². The topological polar surface area (TPSA) is 123 Å². The Hall–Kier alpha value is -5.22. The van der Waals surface area contributed by atoms with E-state index in [0.29, 0.717) is 40.4 Å². The first kappa shape index (κ1) is 29.3. The van der Waals surface area contributed by atoms with Crippen molar-refractivity contribution in [3.63, 3.8) is 0 Å². The molecule has 0 saturated heterocycles. The monoisotopic (exact) mass is 580 g/mol. The second-order valence-corrected chi connectivity index (χ2v) is 10.1. The van der Waals surface area contributed by atoms with E-state index in [1.165, 1.54) is 25.8 Å². The van der Waals surface area contributed by atoms with Crippen molar-refractivity contribution in [3.05, 3.63) is 128 Å². The van der Waals surface area contributed by atoms with E-state index < -0.39 is 4.92 Å². The first-order chi connectivity index (χ1) is 20.9. The number of para-hydroxylation sites is 1. The van der Waals surface area contributed by atoms with Gasteiger partial charge in [-0.2, -0.15) is 0 Å². The summed E-state index contributed by atoms with van der Waals surface area (Å²) < 4.78 is 10.5. The molecule has 0 saturated carbocycles. The lowest BCUT2D eigenvalue weighted by Gasteiger charge is -2.26. The molecule has 0 spiro atoms. The largest absolute Gasteiger partial charge is 0.493 e. The van der Waals surface area contributed by atoms with Crippen LogP contribution in [-0.4, -0.2) is 37.5 Å². The van der Waals surface area contributed by atoms with Gasteiger partial charge in [-0.1, -0.05) is 36.4 Å². The summed E-state index contributed by atoms with van der Waals surface area (Å²) in [7, 11) is 3.03. The number of ether oxygens (including phenoxy) is 2. The molecule has 220 valence electrons. The molecule has 0 bridgehead atoms. The lowest BCUT2D eigenvalue weighted by Crippen LogP contribution is -2.32. The highest BCUT2D eigenvalue weighted by Gasteiger charge is 2.24. The number of nitrogens with zero attached hydrogens (tertiary/aromatic N) is 2. The average molecular weight is 581 g/mol. The minimum Gasteiger partial charge on any atom is -0.493 e. The van der Waals surface area contributed by atoms with Crippen LogP contribution in [0.3, 0.4) is 0 Å². The number of nitrogens with one attached hydrogen (secondary N) is 2. The number of methoxy groups -OCH3 is 2. The molecular formula is C33H32N4O6.